The van der Waals surface area contributed by atoms with Crippen LogP contribution < -0.4 is 15.5 Å². The van der Waals surface area contributed by atoms with E-state index in [1.54, 1.807) is 66.6 Å². The summed E-state index contributed by atoms with van der Waals surface area (Å²) in [7, 11) is 1.61. The van der Waals surface area contributed by atoms with Crippen molar-refractivity contribution in [2.75, 3.05) is 30.5 Å². The van der Waals surface area contributed by atoms with Gasteiger partial charge in [0.2, 0.25) is 0 Å². The molecule has 7 nitrogen and oxygen atoms in total. The van der Waals surface area contributed by atoms with Crippen LogP contribution in [0.4, 0.5) is 11.4 Å². The van der Waals surface area contributed by atoms with Crippen molar-refractivity contribution in [2.45, 2.75) is 44.1 Å². The van der Waals surface area contributed by atoms with E-state index in [1.165, 1.54) is 12.8 Å². The smallest absolute Gasteiger partial charge is 0.260 e. The van der Waals surface area contributed by atoms with Gasteiger partial charge in [-0.15, -0.1) is 12.4 Å². The standard InChI is InChI=1S/C30H31Cl2N3O4.ClH/c1-38-28-15-14-27(39-17-16-33-21-11-12-21)24-18-20(31)8-13-26(24)35(28)30(37)19-6-9-22(10-7-19)34-29(36)23-4-2-3-5-25(23)32;/h2-10,13,18,21,27-28,33H,11-12,14-17H2,1H3,(H,34,36);1H. The van der Waals surface area contributed by atoms with Crippen LogP contribution >= 0.6 is 35.6 Å². The fraction of sp³-hybridized carbons (Fsp3) is 0.333. The van der Waals surface area contributed by atoms with Crippen LogP contribution in [0.5, 0.6) is 0 Å². The van der Waals surface area contributed by atoms with Gasteiger partial charge in [0, 0.05) is 41.5 Å². The second kappa shape index (κ2) is 13.8. The number of benzene rings is 3. The number of hydrogen-bond donors (Lipinski definition) is 2. The predicted molar refractivity (Wildman–Crippen MR) is 161 cm³/mol. The minimum absolute atomic E-state index is 0. The first-order valence-corrected chi connectivity index (χ1v) is 13.9. The molecule has 40 heavy (non-hydrogen) atoms. The summed E-state index contributed by atoms with van der Waals surface area (Å²) in [4.78, 5) is 28.2. The highest BCUT2D eigenvalue weighted by molar-refractivity contribution is 6.34. The third-order valence-corrected chi connectivity index (χ3v) is 7.56. The number of amides is 2. The van der Waals surface area contributed by atoms with E-state index in [2.05, 4.69) is 10.6 Å². The second-order valence-corrected chi connectivity index (χ2v) is 10.6. The second-order valence-electron chi connectivity index (χ2n) is 9.75. The number of ether oxygens (including phenoxy) is 2. The number of carbonyl (C=O) groups excluding carboxylic acids is 2. The van der Waals surface area contributed by atoms with Crippen LogP contribution in [0, 0.1) is 0 Å². The van der Waals surface area contributed by atoms with E-state index in [9.17, 15) is 9.59 Å². The Morgan fingerprint density at radius 3 is 2.42 bits per heavy atom. The lowest BCUT2D eigenvalue weighted by Crippen LogP contribution is -2.41. The Morgan fingerprint density at radius 2 is 1.73 bits per heavy atom. The summed E-state index contributed by atoms with van der Waals surface area (Å²) in [6.45, 7) is 1.35. The van der Waals surface area contributed by atoms with Crippen molar-refractivity contribution in [1.82, 2.24) is 5.32 Å². The molecule has 2 amide bonds. The maximum absolute atomic E-state index is 13.9. The van der Waals surface area contributed by atoms with Gasteiger partial charge in [-0.1, -0.05) is 35.3 Å². The van der Waals surface area contributed by atoms with Crippen molar-refractivity contribution in [3.8, 4) is 0 Å². The Morgan fingerprint density at radius 1 is 0.975 bits per heavy atom. The molecule has 0 radical (unpaired) electrons. The van der Waals surface area contributed by atoms with Crippen LogP contribution in [-0.2, 0) is 9.47 Å². The molecule has 2 atom stereocenters. The number of methoxy groups -OCH3 is 1. The Hall–Kier alpha value is -2.65. The largest absolute Gasteiger partial charge is 0.372 e. The SMILES string of the molecule is COC1CCC(OCCNC2CC2)c2cc(Cl)ccc2N1C(=O)c1ccc(NC(=O)c2ccccc2Cl)cc1.Cl. The molecular weight excluding hydrogens is 573 g/mol. The van der Waals surface area contributed by atoms with Gasteiger partial charge >= 0.3 is 0 Å². The molecule has 212 valence electrons. The number of anilines is 2. The first kappa shape index (κ1) is 30.3. The first-order chi connectivity index (χ1) is 18.9. The zero-order valence-corrected chi connectivity index (χ0v) is 24.4. The van der Waals surface area contributed by atoms with Crippen molar-refractivity contribution in [3.05, 3.63) is 93.5 Å². The highest BCUT2D eigenvalue weighted by atomic mass is 35.5. The van der Waals surface area contributed by atoms with Crippen LogP contribution in [0.25, 0.3) is 0 Å². The molecule has 0 aromatic heterocycles. The van der Waals surface area contributed by atoms with E-state index in [-0.39, 0.29) is 30.3 Å². The quantitative estimate of drug-likeness (QED) is 0.260. The number of rotatable bonds is 9. The zero-order valence-electron chi connectivity index (χ0n) is 22.1. The third kappa shape index (κ3) is 7.16. The molecule has 10 heteroatoms. The molecule has 1 saturated carbocycles. The van der Waals surface area contributed by atoms with Crippen LogP contribution in [0.3, 0.4) is 0 Å². The average molecular weight is 605 g/mol. The Kier molecular flexibility index (Phi) is 10.5. The molecule has 1 fully saturated rings. The molecule has 1 heterocycles. The lowest BCUT2D eigenvalue weighted by Gasteiger charge is -2.30. The number of halogens is 3. The van der Waals surface area contributed by atoms with Gasteiger partial charge in [-0.2, -0.15) is 0 Å². The molecule has 1 aliphatic carbocycles. The maximum atomic E-state index is 13.9. The Bertz CT molecular complexity index is 1330. The maximum Gasteiger partial charge on any atom is 0.260 e. The van der Waals surface area contributed by atoms with Crippen LogP contribution in [0.2, 0.25) is 10.0 Å². The van der Waals surface area contributed by atoms with Crippen LogP contribution in [-0.4, -0.2) is 44.3 Å². The van der Waals surface area contributed by atoms with E-state index < -0.39 is 6.23 Å². The summed E-state index contributed by atoms with van der Waals surface area (Å²) in [5.41, 5.74) is 2.97. The molecule has 3 aromatic rings. The predicted octanol–water partition coefficient (Wildman–Crippen LogP) is 6.89. The zero-order chi connectivity index (χ0) is 27.4. The lowest BCUT2D eigenvalue weighted by atomic mass is 10.0. The topological polar surface area (TPSA) is 79.9 Å². The van der Waals surface area contributed by atoms with Gasteiger partial charge < -0.3 is 20.1 Å². The molecule has 5 rings (SSSR count). The normalized spacial score (nSPS) is 18.3. The van der Waals surface area contributed by atoms with Gasteiger partial charge in [0.05, 0.1) is 29.0 Å². The Labute approximate surface area is 250 Å². The molecule has 2 aliphatic rings. The number of nitrogens with one attached hydrogen (secondary N) is 2. The van der Waals surface area contributed by atoms with E-state index in [0.717, 1.165) is 12.1 Å². The van der Waals surface area contributed by atoms with E-state index in [4.69, 9.17) is 32.7 Å². The van der Waals surface area contributed by atoms with E-state index in [1.807, 2.05) is 12.1 Å². The lowest BCUT2D eigenvalue weighted by molar-refractivity contribution is 0.0321. The van der Waals surface area contributed by atoms with Gasteiger partial charge in [0.25, 0.3) is 11.8 Å². The fourth-order valence-electron chi connectivity index (χ4n) is 4.80. The summed E-state index contributed by atoms with van der Waals surface area (Å²) in [5.74, 6) is -0.540. The van der Waals surface area contributed by atoms with Crippen molar-refractivity contribution >= 4 is 58.8 Å². The monoisotopic (exact) mass is 603 g/mol. The fourth-order valence-corrected chi connectivity index (χ4v) is 5.21. The van der Waals surface area contributed by atoms with Crippen LogP contribution in [0.15, 0.2) is 66.7 Å². The highest BCUT2D eigenvalue weighted by Crippen LogP contribution is 2.40. The van der Waals surface area contributed by atoms with Gasteiger partial charge in [-0.05, 0) is 80.3 Å². The minimum Gasteiger partial charge on any atom is -0.372 e. The van der Waals surface area contributed by atoms with Gasteiger partial charge in [-0.3, -0.25) is 14.5 Å². The number of hydrogen-bond acceptors (Lipinski definition) is 5. The summed E-state index contributed by atoms with van der Waals surface area (Å²) < 4.78 is 12.1. The summed E-state index contributed by atoms with van der Waals surface area (Å²) in [5, 5.41) is 7.25. The number of carbonyl (C=O) groups is 2. The van der Waals surface area contributed by atoms with Gasteiger partial charge in [0.1, 0.15) is 6.23 Å². The summed E-state index contributed by atoms with van der Waals surface area (Å²) >= 11 is 12.5. The number of fused-ring (bicyclic) bond motifs is 1. The van der Waals surface area contributed by atoms with Gasteiger partial charge in [0.15, 0.2) is 0 Å². The molecular formula is C30H32Cl3N3O4. The Balaban J connectivity index is 0.00000370. The number of nitrogens with zero attached hydrogens (tertiary/aromatic N) is 1. The summed E-state index contributed by atoms with van der Waals surface area (Å²) in [6, 6.07) is 19.7. The van der Waals surface area contributed by atoms with Crippen LogP contribution in [0.1, 0.15) is 58.1 Å². The van der Waals surface area contributed by atoms with Crippen molar-refractivity contribution in [1.29, 1.82) is 0 Å². The minimum atomic E-state index is -0.477. The first-order valence-electron chi connectivity index (χ1n) is 13.1. The van der Waals surface area contributed by atoms with E-state index >= 15 is 0 Å². The molecule has 0 spiro atoms. The van der Waals surface area contributed by atoms with Crippen molar-refractivity contribution in [3.63, 3.8) is 0 Å². The van der Waals surface area contributed by atoms with Crippen molar-refractivity contribution < 1.29 is 19.1 Å². The molecule has 1 aliphatic heterocycles. The average Bonchev–Trinajstić information content (AvgIpc) is 3.78. The molecule has 3 aromatic carbocycles. The summed E-state index contributed by atoms with van der Waals surface area (Å²) in [6.07, 6.45) is 3.05. The molecule has 2 unspecified atom stereocenters. The molecule has 0 saturated heterocycles. The van der Waals surface area contributed by atoms with E-state index in [0.29, 0.717) is 58.0 Å². The molecule has 0 bridgehead atoms. The third-order valence-electron chi connectivity index (χ3n) is 6.99. The molecule has 2 N–H and O–H groups in total. The van der Waals surface area contributed by atoms with Gasteiger partial charge in [-0.25, -0.2) is 0 Å². The highest BCUT2D eigenvalue weighted by Gasteiger charge is 2.34. The van der Waals surface area contributed by atoms with Crippen molar-refractivity contribution in [2.24, 2.45) is 0 Å².